The summed E-state index contributed by atoms with van der Waals surface area (Å²) >= 11 is 0. The lowest BCUT2D eigenvalue weighted by molar-refractivity contribution is -0.126. The van der Waals surface area contributed by atoms with Crippen molar-refractivity contribution in [2.24, 2.45) is 5.73 Å². The molecule has 6 radical (unpaired) electrons. The summed E-state index contributed by atoms with van der Waals surface area (Å²) in [7, 11) is 15.7. The van der Waals surface area contributed by atoms with E-state index < -0.39 is 37.6 Å². The van der Waals surface area contributed by atoms with E-state index in [1.165, 1.54) is 50.6 Å². The molecular formula is C19H16B3NO7S. The first-order valence-corrected chi connectivity index (χ1v) is 10.2. The van der Waals surface area contributed by atoms with Crippen molar-refractivity contribution in [3.05, 3.63) is 71.3 Å². The van der Waals surface area contributed by atoms with Gasteiger partial charge in [-0.1, -0.05) is 42.5 Å². The molecule has 1 heterocycles. The van der Waals surface area contributed by atoms with Crippen LogP contribution in [0, 0.1) is 0 Å². The van der Waals surface area contributed by atoms with Gasteiger partial charge in [0.2, 0.25) is 17.4 Å². The molecule has 0 bridgehead atoms. The van der Waals surface area contributed by atoms with E-state index in [-0.39, 0.29) is 22.6 Å². The van der Waals surface area contributed by atoms with Gasteiger partial charge in [-0.15, -0.1) is 0 Å². The zero-order valence-electron chi connectivity index (χ0n) is 16.7. The maximum Gasteiger partial charge on any atom is 0.302 e. The number of nitrogens with two attached hydrogens (primary N) is 1. The molecule has 2 aromatic rings. The van der Waals surface area contributed by atoms with Crippen LogP contribution < -0.4 is 15.2 Å². The minimum absolute atomic E-state index is 0.0222. The van der Waals surface area contributed by atoms with E-state index >= 15 is 0 Å². The van der Waals surface area contributed by atoms with Crippen LogP contribution in [0.4, 0.5) is 0 Å². The highest BCUT2D eigenvalue weighted by Gasteiger charge is 2.51. The summed E-state index contributed by atoms with van der Waals surface area (Å²) in [5, 5.41) is 0. The van der Waals surface area contributed by atoms with E-state index in [2.05, 4.69) is 0 Å². The average Bonchev–Trinajstić information content (AvgIpc) is 2.97. The Morgan fingerprint density at radius 3 is 2.26 bits per heavy atom. The topological polar surface area (TPSA) is 114 Å². The van der Waals surface area contributed by atoms with Crippen molar-refractivity contribution in [1.29, 1.82) is 0 Å². The molecule has 12 heteroatoms. The third-order valence-electron chi connectivity index (χ3n) is 4.67. The van der Waals surface area contributed by atoms with Crippen LogP contribution in [0.3, 0.4) is 0 Å². The molecule has 0 aromatic heterocycles. The van der Waals surface area contributed by atoms with Gasteiger partial charge in [0, 0.05) is 5.56 Å². The highest BCUT2D eigenvalue weighted by molar-refractivity contribution is 7.90. The maximum atomic E-state index is 13.1. The van der Waals surface area contributed by atoms with E-state index in [0.717, 1.165) is 0 Å². The molecule has 0 saturated heterocycles. The molecule has 1 aliphatic heterocycles. The first-order valence-electron chi connectivity index (χ1n) is 8.80. The van der Waals surface area contributed by atoms with Gasteiger partial charge >= 0.3 is 10.1 Å². The SMILES string of the molecule is [B]C([B])(c1ccccc1)S(=O)(=O)OC1=C(N)O[C@]([B])(c2cccc(OC)c2OC)C1=O. The number of hydrogen-bond donors (Lipinski definition) is 1. The van der Waals surface area contributed by atoms with Gasteiger partial charge in [0.25, 0.3) is 0 Å². The second kappa shape index (κ2) is 7.92. The predicted octanol–water partition coefficient (Wildman–Crippen LogP) is 0.246. The normalized spacial score (nSPS) is 19.1. The van der Waals surface area contributed by atoms with Crippen molar-refractivity contribution in [2.45, 2.75) is 10.0 Å². The summed E-state index contributed by atoms with van der Waals surface area (Å²) in [6.07, 6.45) is 0. The molecular weight excluding hydrogens is 419 g/mol. The molecule has 2 aromatic carbocycles. The number of ketones is 1. The van der Waals surface area contributed by atoms with Gasteiger partial charge in [-0.05, 0) is 11.6 Å². The van der Waals surface area contributed by atoms with Crippen LogP contribution in [0.1, 0.15) is 11.1 Å². The zero-order valence-corrected chi connectivity index (χ0v) is 17.5. The van der Waals surface area contributed by atoms with Crippen LogP contribution in [0.2, 0.25) is 0 Å². The Morgan fingerprint density at radius 1 is 1.03 bits per heavy atom. The molecule has 8 nitrogen and oxygen atoms in total. The highest BCUT2D eigenvalue weighted by atomic mass is 32.2. The van der Waals surface area contributed by atoms with Crippen LogP contribution in [0.5, 0.6) is 11.5 Å². The number of carbonyl (C=O) groups is 1. The summed E-state index contributed by atoms with van der Waals surface area (Å²) in [6.45, 7) is 0. The number of hydrogen-bond acceptors (Lipinski definition) is 8. The fourth-order valence-electron chi connectivity index (χ4n) is 3.00. The van der Waals surface area contributed by atoms with Gasteiger partial charge in [0.1, 0.15) is 0 Å². The molecule has 154 valence electrons. The van der Waals surface area contributed by atoms with Crippen molar-refractivity contribution in [1.82, 2.24) is 0 Å². The lowest BCUT2D eigenvalue weighted by Gasteiger charge is -2.27. The van der Waals surface area contributed by atoms with Gasteiger partial charge in [-0.25, -0.2) is 0 Å². The smallest absolute Gasteiger partial charge is 0.302 e. The number of carbonyl (C=O) groups excluding carboxylic acids is 1. The predicted molar refractivity (Wildman–Crippen MR) is 114 cm³/mol. The van der Waals surface area contributed by atoms with Crippen molar-refractivity contribution in [3.63, 3.8) is 0 Å². The largest absolute Gasteiger partial charge is 0.493 e. The lowest BCUT2D eigenvalue weighted by Crippen LogP contribution is -2.40. The van der Waals surface area contributed by atoms with Crippen molar-refractivity contribution in [2.75, 3.05) is 14.2 Å². The third-order valence-corrected chi connectivity index (χ3v) is 6.12. The Hall–Kier alpha value is -3.01. The molecule has 0 aliphatic carbocycles. The second-order valence-electron chi connectivity index (χ2n) is 6.60. The number of Topliss-reactive ketones (excluding diaryl/α,β-unsaturated/α-hetero) is 1. The second-order valence-corrected chi connectivity index (χ2v) is 8.35. The quantitative estimate of drug-likeness (QED) is 0.487. The molecule has 31 heavy (non-hydrogen) atoms. The molecule has 2 N–H and O–H groups in total. The van der Waals surface area contributed by atoms with Gasteiger partial charge in [0.15, 0.2) is 24.8 Å². The number of methoxy groups -OCH3 is 2. The number of ether oxygens (including phenoxy) is 3. The molecule has 0 unspecified atom stereocenters. The minimum atomic E-state index is -4.82. The fourth-order valence-corrected chi connectivity index (χ4v) is 3.94. The third kappa shape index (κ3) is 3.65. The highest BCUT2D eigenvalue weighted by Crippen LogP contribution is 2.44. The Kier molecular flexibility index (Phi) is 5.79. The Bertz CT molecular complexity index is 1150. The van der Waals surface area contributed by atoms with Crippen molar-refractivity contribution >= 4 is 39.4 Å². The minimum Gasteiger partial charge on any atom is -0.493 e. The summed E-state index contributed by atoms with van der Waals surface area (Å²) in [6, 6.07) is 12.0. The summed E-state index contributed by atoms with van der Waals surface area (Å²) in [4.78, 5) is 13.1. The van der Waals surface area contributed by atoms with Crippen molar-refractivity contribution < 1.29 is 31.6 Å². The molecule has 0 saturated carbocycles. The zero-order chi connectivity index (χ0) is 23.0. The Morgan fingerprint density at radius 2 is 1.68 bits per heavy atom. The van der Waals surface area contributed by atoms with Gasteiger partial charge in [0.05, 0.1) is 34.5 Å². The van der Waals surface area contributed by atoms with E-state index in [9.17, 15) is 13.2 Å². The first-order chi connectivity index (χ1) is 14.5. The summed E-state index contributed by atoms with van der Waals surface area (Å²) in [5.41, 5.74) is 3.56. The molecule has 0 amide bonds. The Balaban J connectivity index is 1.99. The van der Waals surface area contributed by atoms with Crippen LogP contribution >= 0.6 is 0 Å². The monoisotopic (exact) mass is 435 g/mol. The van der Waals surface area contributed by atoms with Crippen LogP contribution in [-0.4, -0.2) is 52.0 Å². The molecule has 0 spiro atoms. The summed E-state index contributed by atoms with van der Waals surface area (Å²) in [5.74, 6) is -2.25. The fraction of sp³-hybridized carbons (Fsp3) is 0.211. The molecule has 1 atom stereocenters. The van der Waals surface area contributed by atoms with E-state index in [0.29, 0.717) is 0 Å². The van der Waals surface area contributed by atoms with Gasteiger partial charge in [-0.2, -0.15) is 8.42 Å². The van der Waals surface area contributed by atoms with Crippen LogP contribution in [0.25, 0.3) is 0 Å². The van der Waals surface area contributed by atoms with Gasteiger partial charge in [-0.3, -0.25) is 4.79 Å². The van der Waals surface area contributed by atoms with Crippen LogP contribution in [-0.2, 0) is 33.9 Å². The average molecular weight is 435 g/mol. The first kappa shape index (κ1) is 22.7. The van der Waals surface area contributed by atoms with Crippen molar-refractivity contribution in [3.8, 4) is 11.5 Å². The molecule has 0 fully saturated rings. The van der Waals surface area contributed by atoms with E-state index in [1.54, 1.807) is 12.1 Å². The van der Waals surface area contributed by atoms with E-state index in [4.69, 9.17) is 47.7 Å². The standard InChI is InChI=1S/C19H16B3NO7S/c1-27-13-10-6-9-12(14(13)28-2)18(20)16(24)15(17(23)29-18)30-31(25,26)19(21,22)11-7-4-3-5-8-11/h3-10H,23H2,1-2H3/t18-/m1/s1. The van der Waals surface area contributed by atoms with E-state index in [1.807, 2.05) is 0 Å². The Labute approximate surface area is 184 Å². The molecule has 3 rings (SSSR count). The van der Waals surface area contributed by atoms with Gasteiger partial charge < -0.3 is 24.1 Å². The lowest BCUT2D eigenvalue weighted by atomic mass is 9.65. The maximum absolute atomic E-state index is 13.1. The van der Waals surface area contributed by atoms with Crippen LogP contribution in [0.15, 0.2) is 60.2 Å². The number of rotatable bonds is 7. The number of para-hydroxylation sites is 1. The molecule has 1 aliphatic rings. The number of benzene rings is 2. The summed E-state index contributed by atoms with van der Waals surface area (Å²) < 4.78 is 43.9.